The number of nitrogens with one attached hydrogen (secondary N) is 3. The minimum absolute atomic E-state index is 0.268. The summed E-state index contributed by atoms with van der Waals surface area (Å²) in [7, 11) is 0. The molecule has 0 radical (unpaired) electrons. The molecule has 3 N–H and O–H groups in total. The van der Waals surface area contributed by atoms with Crippen LogP contribution in [-0.2, 0) is 0 Å². The van der Waals surface area contributed by atoms with Crippen molar-refractivity contribution >= 4 is 16.5 Å². The molecule has 0 amide bonds. The Morgan fingerprint density at radius 3 is 2.10 bits per heavy atom. The lowest BCUT2D eigenvalue weighted by Gasteiger charge is -2.34. The van der Waals surface area contributed by atoms with Crippen molar-refractivity contribution in [1.82, 2.24) is 15.5 Å². The molecule has 9 heteroatoms. The van der Waals surface area contributed by atoms with Gasteiger partial charge in [-0.2, -0.15) is 5.10 Å². The van der Waals surface area contributed by atoms with Crippen LogP contribution in [0.1, 0.15) is 24.5 Å². The first-order valence-corrected chi connectivity index (χ1v) is 9.70. The Hall–Kier alpha value is -2.94. The van der Waals surface area contributed by atoms with Crippen molar-refractivity contribution in [1.29, 1.82) is 0 Å². The van der Waals surface area contributed by atoms with Crippen molar-refractivity contribution < 1.29 is 17.6 Å². The topological polar surface area (TPSA) is 69.8 Å². The number of hydrogen-bond donors (Lipinski definition) is 3. The maximum Gasteiger partial charge on any atom is 0.272 e. The van der Waals surface area contributed by atoms with E-state index in [9.17, 15) is 22.4 Å². The highest BCUT2D eigenvalue weighted by molar-refractivity contribution is 5.96. The highest BCUT2D eigenvalue weighted by atomic mass is 19.1. The summed E-state index contributed by atoms with van der Waals surface area (Å²) in [6, 6.07) is 4.59. The van der Waals surface area contributed by atoms with Crippen LogP contribution in [0.5, 0.6) is 0 Å². The van der Waals surface area contributed by atoms with Crippen LogP contribution in [0.15, 0.2) is 35.1 Å². The fourth-order valence-corrected chi connectivity index (χ4v) is 4.17. The minimum atomic E-state index is -0.896. The Labute approximate surface area is 169 Å². The van der Waals surface area contributed by atoms with Gasteiger partial charge in [-0.05, 0) is 44.0 Å². The lowest BCUT2D eigenvalue weighted by Crippen LogP contribution is -2.35. The van der Waals surface area contributed by atoms with Gasteiger partial charge in [-0.25, -0.2) is 22.7 Å². The third-order valence-corrected chi connectivity index (χ3v) is 5.53. The van der Waals surface area contributed by atoms with Gasteiger partial charge in [-0.15, -0.1) is 0 Å². The van der Waals surface area contributed by atoms with Crippen molar-refractivity contribution in [3.05, 3.63) is 69.6 Å². The Balaban J connectivity index is 0.000000204. The molecule has 1 aromatic heterocycles. The summed E-state index contributed by atoms with van der Waals surface area (Å²) in [6.45, 7) is 2.78. The van der Waals surface area contributed by atoms with E-state index < -0.39 is 23.3 Å². The molecule has 3 aromatic rings. The van der Waals surface area contributed by atoms with Crippen molar-refractivity contribution in [3.63, 3.8) is 0 Å². The third-order valence-electron chi connectivity index (χ3n) is 5.53. The molecule has 0 bridgehead atoms. The first-order valence-electron chi connectivity index (χ1n) is 9.70. The zero-order chi connectivity index (χ0) is 21.3. The van der Waals surface area contributed by atoms with E-state index in [4.69, 9.17) is 0 Å². The van der Waals surface area contributed by atoms with Gasteiger partial charge in [0.1, 0.15) is 23.3 Å². The number of rotatable bonds is 1. The number of H-pyrrole nitrogens is 1. The van der Waals surface area contributed by atoms with Gasteiger partial charge in [0.25, 0.3) is 5.56 Å². The molecule has 5 rings (SSSR count). The smallest absolute Gasteiger partial charge is 0.272 e. The summed E-state index contributed by atoms with van der Waals surface area (Å²) in [5, 5.41) is 14.7. The SMILES string of the molecule is Fc1cc(F)cc(F)c1.O=c1[nH]nc2c3c(cc(F)cc13)NCC2C1CCNCC1. The summed E-state index contributed by atoms with van der Waals surface area (Å²) >= 11 is 0. The van der Waals surface area contributed by atoms with E-state index in [2.05, 4.69) is 20.8 Å². The molecule has 2 aliphatic heterocycles. The van der Waals surface area contributed by atoms with Gasteiger partial charge in [0.15, 0.2) is 0 Å². The first kappa shape index (κ1) is 20.3. The largest absolute Gasteiger partial charge is 0.384 e. The van der Waals surface area contributed by atoms with Gasteiger partial charge in [-0.3, -0.25) is 4.79 Å². The van der Waals surface area contributed by atoms with Crippen molar-refractivity contribution in [3.8, 4) is 0 Å². The van der Waals surface area contributed by atoms with Gasteiger partial charge in [-0.1, -0.05) is 0 Å². The van der Waals surface area contributed by atoms with Gasteiger partial charge in [0.05, 0.1) is 11.1 Å². The number of nitrogens with zero attached hydrogens (tertiary/aromatic N) is 1. The van der Waals surface area contributed by atoms with Gasteiger partial charge >= 0.3 is 0 Å². The second-order valence-corrected chi connectivity index (χ2v) is 7.48. The Morgan fingerprint density at radius 1 is 0.867 bits per heavy atom. The Kier molecular flexibility index (Phi) is 5.72. The average molecular weight is 420 g/mol. The average Bonchev–Trinajstić information content (AvgIpc) is 2.70. The summed E-state index contributed by atoms with van der Waals surface area (Å²) in [5.74, 6) is -2.27. The lowest BCUT2D eigenvalue weighted by molar-refractivity contribution is 0.320. The lowest BCUT2D eigenvalue weighted by atomic mass is 9.79. The molecule has 0 saturated carbocycles. The highest BCUT2D eigenvalue weighted by Crippen LogP contribution is 2.39. The van der Waals surface area contributed by atoms with E-state index in [1.165, 1.54) is 12.1 Å². The number of halogens is 4. The number of aromatic nitrogens is 2. The summed E-state index contributed by atoms with van der Waals surface area (Å²) in [4.78, 5) is 11.9. The van der Waals surface area contributed by atoms with Gasteiger partial charge < -0.3 is 10.6 Å². The number of hydrogen-bond acceptors (Lipinski definition) is 4. The number of benzene rings is 2. The molecular weight excluding hydrogens is 400 g/mol. The zero-order valence-corrected chi connectivity index (χ0v) is 15.9. The molecule has 1 atom stereocenters. The van der Waals surface area contributed by atoms with E-state index in [1.54, 1.807) is 0 Å². The van der Waals surface area contributed by atoms with E-state index in [0.29, 0.717) is 35.2 Å². The quantitative estimate of drug-likeness (QED) is 0.526. The van der Waals surface area contributed by atoms with Crippen LogP contribution in [0.3, 0.4) is 0 Å². The maximum absolute atomic E-state index is 13.7. The van der Waals surface area contributed by atoms with Crippen LogP contribution >= 0.6 is 0 Å². The van der Waals surface area contributed by atoms with Crippen LogP contribution in [0.4, 0.5) is 23.2 Å². The predicted octanol–water partition coefficient (Wildman–Crippen LogP) is 3.67. The second kappa shape index (κ2) is 8.43. The molecule has 30 heavy (non-hydrogen) atoms. The van der Waals surface area contributed by atoms with E-state index in [0.717, 1.165) is 43.6 Å². The molecule has 1 saturated heterocycles. The molecule has 2 aromatic carbocycles. The van der Waals surface area contributed by atoms with Crippen LogP contribution in [0, 0.1) is 29.2 Å². The van der Waals surface area contributed by atoms with Crippen molar-refractivity contribution in [2.45, 2.75) is 18.8 Å². The number of piperidine rings is 1. The highest BCUT2D eigenvalue weighted by Gasteiger charge is 2.31. The molecule has 0 spiro atoms. The van der Waals surface area contributed by atoms with E-state index >= 15 is 0 Å². The third kappa shape index (κ3) is 4.16. The second-order valence-electron chi connectivity index (χ2n) is 7.48. The molecule has 2 aliphatic rings. The van der Waals surface area contributed by atoms with Crippen molar-refractivity contribution in [2.24, 2.45) is 5.92 Å². The van der Waals surface area contributed by atoms with Gasteiger partial charge in [0, 0.05) is 41.7 Å². The van der Waals surface area contributed by atoms with E-state index in [1.807, 2.05) is 0 Å². The standard InChI is InChI=1S/C15H17FN4O.C6H3F3/c16-9-5-10-13-12(6-9)18-7-11(8-1-3-17-4-2-8)14(13)19-20-15(10)21;7-4-1-5(8)3-6(9)2-4/h5-6,8,11,17-18H,1-4,7H2,(H,20,21);1-3H. The molecular formula is C21H20F4N4O. The fourth-order valence-electron chi connectivity index (χ4n) is 4.17. The molecule has 0 aliphatic carbocycles. The fraction of sp³-hybridized carbons (Fsp3) is 0.333. The first-order chi connectivity index (χ1) is 14.4. The predicted molar refractivity (Wildman–Crippen MR) is 105 cm³/mol. The van der Waals surface area contributed by atoms with E-state index in [-0.39, 0.29) is 11.5 Å². The summed E-state index contributed by atoms with van der Waals surface area (Å²) in [5.41, 5.74) is 1.26. The molecule has 3 heterocycles. The maximum atomic E-state index is 13.7. The molecule has 158 valence electrons. The molecule has 1 fully saturated rings. The summed E-state index contributed by atoms with van der Waals surface area (Å²) < 4.78 is 49.5. The number of aromatic amines is 1. The Morgan fingerprint density at radius 2 is 1.47 bits per heavy atom. The van der Waals surface area contributed by atoms with Crippen LogP contribution in [0.25, 0.3) is 10.8 Å². The monoisotopic (exact) mass is 420 g/mol. The van der Waals surface area contributed by atoms with Crippen molar-refractivity contribution in [2.75, 3.05) is 25.0 Å². The van der Waals surface area contributed by atoms with Crippen LogP contribution in [-0.4, -0.2) is 29.8 Å². The normalized spacial score (nSPS) is 18.5. The summed E-state index contributed by atoms with van der Waals surface area (Å²) in [6.07, 6.45) is 2.20. The number of anilines is 1. The molecule has 1 unspecified atom stereocenters. The minimum Gasteiger partial charge on any atom is -0.384 e. The van der Waals surface area contributed by atoms with Crippen LogP contribution in [0.2, 0.25) is 0 Å². The zero-order valence-electron chi connectivity index (χ0n) is 15.9. The Bertz CT molecular complexity index is 1080. The van der Waals surface area contributed by atoms with Gasteiger partial charge in [0.2, 0.25) is 0 Å². The van der Waals surface area contributed by atoms with Crippen LogP contribution < -0.4 is 16.2 Å². The molecule has 5 nitrogen and oxygen atoms in total.